The van der Waals surface area contributed by atoms with E-state index >= 15 is 0 Å². The lowest BCUT2D eigenvalue weighted by atomic mass is 9.95. The van der Waals surface area contributed by atoms with Gasteiger partial charge in [-0.2, -0.15) is 0 Å². The van der Waals surface area contributed by atoms with Crippen LogP contribution in [-0.2, 0) is 5.60 Å². The van der Waals surface area contributed by atoms with Gasteiger partial charge in [-0.3, -0.25) is 4.98 Å². The third kappa shape index (κ3) is 2.55. The van der Waals surface area contributed by atoms with Crippen LogP contribution in [0.1, 0.15) is 18.2 Å². The van der Waals surface area contributed by atoms with Crippen LogP contribution < -0.4 is 0 Å². The Morgan fingerprint density at radius 3 is 2.43 bits per heavy atom. The summed E-state index contributed by atoms with van der Waals surface area (Å²) in [5.74, 6) is 0.321. The molecule has 1 N–H and O–H groups in total. The van der Waals surface area contributed by atoms with Crippen LogP contribution in [0.2, 0.25) is 0 Å². The van der Waals surface area contributed by atoms with E-state index < -0.39 is 5.60 Å². The average molecular weight is 284 g/mol. The van der Waals surface area contributed by atoms with Crippen molar-refractivity contribution in [1.29, 1.82) is 0 Å². The van der Waals surface area contributed by atoms with Crippen molar-refractivity contribution in [2.45, 2.75) is 12.5 Å². The highest BCUT2D eigenvalue weighted by molar-refractivity contribution is 5.53. The number of hydrogen-bond donors (Lipinski definition) is 1. The van der Waals surface area contributed by atoms with E-state index in [1.54, 1.807) is 43.6 Å². The third-order valence-corrected chi connectivity index (χ3v) is 3.32. The van der Waals surface area contributed by atoms with E-state index in [1.165, 1.54) is 18.3 Å². The van der Waals surface area contributed by atoms with Crippen LogP contribution >= 0.6 is 0 Å². The van der Waals surface area contributed by atoms with Crippen molar-refractivity contribution in [1.82, 2.24) is 9.97 Å². The summed E-state index contributed by atoms with van der Waals surface area (Å²) in [6.45, 7) is 1.62. The molecule has 0 saturated carbocycles. The number of pyridine rings is 1. The number of halogens is 1. The van der Waals surface area contributed by atoms with E-state index in [9.17, 15) is 9.50 Å². The summed E-state index contributed by atoms with van der Waals surface area (Å²) in [7, 11) is 0. The van der Waals surface area contributed by atoms with Gasteiger partial charge in [-0.1, -0.05) is 0 Å². The summed E-state index contributed by atoms with van der Waals surface area (Å²) in [5.41, 5.74) is -0.0127. The normalized spacial score (nSPS) is 13.9. The molecule has 0 amide bonds. The predicted octanol–water partition coefficient (Wildman–Crippen LogP) is 3.13. The van der Waals surface area contributed by atoms with Gasteiger partial charge in [-0.25, -0.2) is 9.37 Å². The fourth-order valence-electron chi connectivity index (χ4n) is 2.04. The van der Waals surface area contributed by atoms with Crippen molar-refractivity contribution in [2.75, 3.05) is 0 Å². The van der Waals surface area contributed by atoms with Gasteiger partial charge in [0.25, 0.3) is 0 Å². The Kier molecular flexibility index (Phi) is 3.27. The molecule has 2 aromatic heterocycles. The van der Waals surface area contributed by atoms with Crippen LogP contribution in [0.25, 0.3) is 11.5 Å². The largest absolute Gasteiger partial charge is 0.438 e. The minimum atomic E-state index is -1.31. The van der Waals surface area contributed by atoms with E-state index in [0.29, 0.717) is 22.8 Å². The first-order valence-corrected chi connectivity index (χ1v) is 6.42. The number of aliphatic hydroxyl groups is 1. The van der Waals surface area contributed by atoms with Crippen LogP contribution in [0.4, 0.5) is 4.39 Å². The quantitative estimate of drug-likeness (QED) is 0.802. The highest BCUT2D eigenvalue weighted by Crippen LogP contribution is 2.31. The van der Waals surface area contributed by atoms with Gasteiger partial charge in [0.15, 0.2) is 5.76 Å². The molecule has 0 bridgehead atoms. The number of nitrogens with zero attached hydrogens (tertiary/aromatic N) is 2. The maximum atomic E-state index is 12.9. The molecule has 3 aromatic rings. The van der Waals surface area contributed by atoms with E-state index in [2.05, 4.69) is 9.97 Å². The predicted molar refractivity (Wildman–Crippen MR) is 74.8 cm³/mol. The Balaban J connectivity index is 1.96. The molecule has 4 nitrogen and oxygen atoms in total. The lowest BCUT2D eigenvalue weighted by Gasteiger charge is -2.20. The second-order valence-corrected chi connectivity index (χ2v) is 4.84. The van der Waals surface area contributed by atoms with Crippen LogP contribution in [0.5, 0.6) is 0 Å². The minimum Gasteiger partial charge on any atom is -0.438 e. The van der Waals surface area contributed by atoms with Gasteiger partial charge in [-0.15, -0.1) is 0 Å². The third-order valence-electron chi connectivity index (χ3n) is 3.32. The van der Waals surface area contributed by atoms with Crippen molar-refractivity contribution in [3.63, 3.8) is 0 Å². The molecule has 0 radical (unpaired) electrons. The smallest absolute Gasteiger partial charge is 0.226 e. The van der Waals surface area contributed by atoms with E-state index in [4.69, 9.17) is 4.42 Å². The van der Waals surface area contributed by atoms with E-state index in [1.807, 2.05) is 0 Å². The highest BCUT2D eigenvalue weighted by atomic mass is 19.1. The fourth-order valence-corrected chi connectivity index (χ4v) is 2.04. The Labute approximate surface area is 120 Å². The maximum Gasteiger partial charge on any atom is 0.226 e. The summed E-state index contributed by atoms with van der Waals surface area (Å²) in [6.07, 6.45) is 4.67. The van der Waals surface area contributed by atoms with Gasteiger partial charge < -0.3 is 9.52 Å². The average Bonchev–Trinajstić information content (AvgIpc) is 2.99. The molecule has 0 fully saturated rings. The summed E-state index contributed by atoms with van der Waals surface area (Å²) < 4.78 is 18.5. The Hall–Kier alpha value is -2.53. The molecule has 1 unspecified atom stereocenters. The fraction of sp³-hybridized carbons (Fsp3) is 0.125. The van der Waals surface area contributed by atoms with Gasteiger partial charge in [-0.05, 0) is 48.9 Å². The number of oxazole rings is 1. The molecule has 5 heteroatoms. The van der Waals surface area contributed by atoms with Gasteiger partial charge in [0.1, 0.15) is 11.4 Å². The van der Waals surface area contributed by atoms with Crippen LogP contribution in [0.15, 0.2) is 59.4 Å². The zero-order chi connectivity index (χ0) is 14.9. The first-order chi connectivity index (χ1) is 10.1. The molecule has 0 aliphatic rings. The number of benzene rings is 1. The zero-order valence-corrected chi connectivity index (χ0v) is 11.3. The maximum absolute atomic E-state index is 12.9. The van der Waals surface area contributed by atoms with Crippen molar-refractivity contribution in [3.8, 4) is 11.5 Å². The molecule has 3 rings (SSSR count). The minimum absolute atomic E-state index is 0.313. The topological polar surface area (TPSA) is 59.2 Å². The van der Waals surface area contributed by atoms with E-state index in [0.717, 1.165) is 0 Å². The van der Waals surface area contributed by atoms with Crippen molar-refractivity contribution >= 4 is 0 Å². The van der Waals surface area contributed by atoms with Crippen LogP contribution in [-0.4, -0.2) is 15.1 Å². The molecule has 0 aliphatic carbocycles. The summed E-state index contributed by atoms with van der Waals surface area (Å²) in [6, 6.07) is 9.23. The van der Waals surface area contributed by atoms with Gasteiger partial charge in [0.05, 0.1) is 6.20 Å². The van der Waals surface area contributed by atoms with Gasteiger partial charge >= 0.3 is 0 Å². The molecule has 1 aromatic carbocycles. The number of aromatic nitrogens is 2. The van der Waals surface area contributed by atoms with Crippen LogP contribution in [0, 0.1) is 5.82 Å². The number of rotatable bonds is 3. The SMILES string of the molecule is CC(O)(c1ccncc1)c1cnc(-c2ccc(F)cc2)o1. The summed E-state index contributed by atoms with van der Waals surface area (Å²) in [5, 5.41) is 10.6. The van der Waals surface area contributed by atoms with Crippen molar-refractivity contribution in [2.24, 2.45) is 0 Å². The van der Waals surface area contributed by atoms with E-state index in [-0.39, 0.29) is 5.82 Å². The molecule has 21 heavy (non-hydrogen) atoms. The highest BCUT2D eigenvalue weighted by Gasteiger charge is 2.30. The Morgan fingerprint density at radius 2 is 1.76 bits per heavy atom. The van der Waals surface area contributed by atoms with Crippen LogP contribution in [0.3, 0.4) is 0 Å². The molecular formula is C16H13FN2O2. The molecule has 106 valence electrons. The molecule has 0 aliphatic heterocycles. The molecule has 1 atom stereocenters. The summed E-state index contributed by atoms with van der Waals surface area (Å²) >= 11 is 0. The Bertz CT molecular complexity index is 736. The second-order valence-electron chi connectivity index (χ2n) is 4.84. The first kappa shape index (κ1) is 13.5. The standard InChI is InChI=1S/C16H13FN2O2/c1-16(20,12-6-8-18-9-7-12)14-10-19-15(21-14)11-2-4-13(17)5-3-11/h2-10,20H,1H3. The monoisotopic (exact) mass is 284 g/mol. The van der Waals surface area contributed by atoms with Gasteiger partial charge in [0, 0.05) is 18.0 Å². The lowest BCUT2D eigenvalue weighted by molar-refractivity contribution is 0.0774. The zero-order valence-electron chi connectivity index (χ0n) is 11.3. The lowest BCUT2D eigenvalue weighted by Crippen LogP contribution is -2.21. The van der Waals surface area contributed by atoms with Gasteiger partial charge in [0.2, 0.25) is 5.89 Å². The van der Waals surface area contributed by atoms with Crippen molar-refractivity contribution < 1.29 is 13.9 Å². The molecule has 0 spiro atoms. The molecule has 0 saturated heterocycles. The Morgan fingerprint density at radius 1 is 1.10 bits per heavy atom. The summed E-state index contributed by atoms with van der Waals surface area (Å²) in [4.78, 5) is 8.06. The first-order valence-electron chi connectivity index (χ1n) is 6.42. The number of hydrogen-bond acceptors (Lipinski definition) is 4. The van der Waals surface area contributed by atoms with Crippen molar-refractivity contribution in [3.05, 3.63) is 72.1 Å². The molecule has 2 heterocycles. The second kappa shape index (κ2) is 5.10. The molecular weight excluding hydrogens is 271 g/mol.